The van der Waals surface area contributed by atoms with Crippen molar-refractivity contribution in [3.8, 4) is 11.5 Å². The van der Waals surface area contributed by atoms with Gasteiger partial charge in [0.2, 0.25) is 12.7 Å². The molecule has 4 nitrogen and oxygen atoms in total. The highest BCUT2D eigenvalue weighted by Gasteiger charge is 2.15. The van der Waals surface area contributed by atoms with Crippen molar-refractivity contribution in [1.82, 2.24) is 5.32 Å². The average molecular weight is 303 g/mol. The first-order chi connectivity index (χ1) is 10.8. The first-order valence-corrected chi connectivity index (χ1v) is 8.46. The molecule has 1 fully saturated rings. The molecule has 0 bridgehead atoms. The monoisotopic (exact) mass is 303 g/mol. The minimum Gasteiger partial charge on any atom is -0.454 e. The molecule has 1 aliphatic carbocycles. The average Bonchev–Trinajstić information content (AvgIpc) is 3.01. The number of rotatable bonds is 6. The topological polar surface area (TPSA) is 47.6 Å². The number of ether oxygens (including phenoxy) is 2. The lowest BCUT2D eigenvalue weighted by molar-refractivity contribution is -0.121. The van der Waals surface area contributed by atoms with Crippen molar-refractivity contribution in [3.05, 3.63) is 23.8 Å². The van der Waals surface area contributed by atoms with E-state index in [1.54, 1.807) is 0 Å². The van der Waals surface area contributed by atoms with E-state index in [1.165, 1.54) is 38.5 Å². The molecule has 1 aromatic carbocycles. The largest absolute Gasteiger partial charge is 0.454 e. The molecule has 22 heavy (non-hydrogen) atoms. The third-order valence-corrected chi connectivity index (χ3v) is 4.67. The summed E-state index contributed by atoms with van der Waals surface area (Å²) in [6.07, 6.45) is 9.72. The Hall–Kier alpha value is -1.71. The normalized spacial score (nSPS) is 17.5. The minimum atomic E-state index is 0.147. The maximum atomic E-state index is 11.9. The second-order valence-electron chi connectivity index (χ2n) is 6.36. The van der Waals surface area contributed by atoms with E-state index < -0.39 is 0 Å². The Labute approximate surface area is 132 Å². The number of nitrogens with one attached hydrogen (secondary N) is 1. The second-order valence-corrected chi connectivity index (χ2v) is 6.36. The Balaban J connectivity index is 1.35. The molecule has 2 aliphatic rings. The quantitative estimate of drug-likeness (QED) is 0.870. The fraction of sp³-hybridized carbons (Fsp3) is 0.611. The standard InChI is InChI=1S/C18H25NO3/c20-18(8-4-7-14-5-2-1-3-6-14)19-12-15-9-10-16-17(11-15)22-13-21-16/h9-11,14H,1-8,12-13H2,(H,19,20). The van der Waals surface area contributed by atoms with Gasteiger partial charge >= 0.3 is 0 Å². The van der Waals surface area contributed by atoms with Gasteiger partial charge in [-0.2, -0.15) is 0 Å². The molecule has 3 rings (SSSR count). The highest BCUT2D eigenvalue weighted by atomic mass is 16.7. The molecule has 1 heterocycles. The number of carbonyl (C=O) groups is 1. The second kappa shape index (κ2) is 7.52. The molecule has 0 radical (unpaired) electrons. The number of benzene rings is 1. The van der Waals surface area contributed by atoms with Crippen LogP contribution in [-0.4, -0.2) is 12.7 Å². The summed E-state index contributed by atoms with van der Waals surface area (Å²) in [6, 6.07) is 5.80. The van der Waals surface area contributed by atoms with Gasteiger partial charge in [-0.05, 0) is 36.5 Å². The van der Waals surface area contributed by atoms with Gasteiger partial charge in [0.1, 0.15) is 0 Å². The van der Waals surface area contributed by atoms with Gasteiger partial charge < -0.3 is 14.8 Å². The lowest BCUT2D eigenvalue weighted by Crippen LogP contribution is -2.22. The number of amides is 1. The predicted octanol–water partition coefficient (Wildman–Crippen LogP) is 3.78. The Morgan fingerprint density at radius 3 is 2.82 bits per heavy atom. The first-order valence-electron chi connectivity index (χ1n) is 8.46. The summed E-state index contributed by atoms with van der Waals surface area (Å²) < 4.78 is 10.6. The van der Waals surface area contributed by atoms with Crippen molar-refractivity contribution in [2.24, 2.45) is 5.92 Å². The molecular weight excluding hydrogens is 278 g/mol. The molecule has 4 heteroatoms. The van der Waals surface area contributed by atoms with E-state index in [1.807, 2.05) is 18.2 Å². The van der Waals surface area contributed by atoms with Crippen LogP contribution in [0.1, 0.15) is 56.9 Å². The van der Waals surface area contributed by atoms with Gasteiger partial charge in [-0.3, -0.25) is 4.79 Å². The summed E-state index contributed by atoms with van der Waals surface area (Å²) in [7, 11) is 0. The summed E-state index contributed by atoms with van der Waals surface area (Å²) in [6.45, 7) is 0.839. The lowest BCUT2D eigenvalue weighted by Gasteiger charge is -2.21. The van der Waals surface area contributed by atoms with E-state index in [0.29, 0.717) is 13.0 Å². The molecule has 1 N–H and O–H groups in total. The van der Waals surface area contributed by atoms with Crippen LogP contribution < -0.4 is 14.8 Å². The third-order valence-electron chi connectivity index (χ3n) is 4.67. The van der Waals surface area contributed by atoms with Crippen molar-refractivity contribution in [1.29, 1.82) is 0 Å². The highest BCUT2D eigenvalue weighted by molar-refractivity contribution is 5.75. The smallest absolute Gasteiger partial charge is 0.231 e. The summed E-state index contributed by atoms with van der Waals surface area (Å²) in [5.74, 6) is 2.55. The molecule has 1 saturated carbocycles. The van der Waals surface area contributed by atoms with Gasteiger partial charge in [-0.25, -0.2) is 0 Å². The molecule has 120 valence electrons. The molecule has 1 aromatic rings. The van der Waals surface area contributed by atoms with Crippen molar-refractivity contribution in [2.45, 2.75) is 57.9 Å². The Morgan fingerprint density at radius 2 is 1.95 bits per heavy atom. The summed E-state index contributed by atoms with van der Waals surface area (Å²) in [5, 5.41) is 2.99. The van der Waals surface area contributed by atoms with Crippen LogP contribution in [0.3, 0.4) is 0 Å². The maximum Gasteiger partial charge on any atom is 0.231 e. The molecule has 0 atom stereocenters. The SMILES string of the molecule is O=C(CCCC1CCCCC1)NCc1ccc2c(c1)OCO2. The third kappa shape index (κ3) is 4.15. The maximum absolute atomic E-state index is 11.9. The van der Waals surface area contributed by atoms with E-state index in [9.17, 15) is 4.79 Å². The highest BCUT2D eigenvalue weighted by Crippen LogP contribution is 2.32. The van der Waals surface area contributed by atoms with Crippen LogP contribution >= 0.6 is 0 Å². The van der Waals surface area contributed by atoms with Crippen molar-refractivity contribution < 1.29 is 14.3 Å². The van der Waals surface area contributed by atoms with E-state index in [4.69, 9.17) is 9.47 Å². The molecule has 0 unspecified atom stereocenters. The fourth-order valence-corrected chi connectivity index (χ4v) is 3.37. The molecular formula is C18H25NO3. The molecule has 1 aliphatic heterocycles. The van der Waals surface area contributed by atoms with Crippen LogP contribution in [0.4, 0.5) is 0 Å². The van der Waals surface area contributed by atoms with Gasteiger partial charge in [-0.15, -0.1) is 0 Å². The molecule has 0 spiro atoms. The number of hydrogen-bond acceptors (Lipinski definition) is 3. The van der Waals surface area contributed by atoms with E-state index in [0.717, 1.165) is 29.4 Å². The van der Waals surface area contributed by atoms with Gasteiger partial charge in [0.15, 0.2) is 11.5 Å². The number of hydrogen-bond donors (Lipinski definition) is 1. The molecule has 0 saturated heterocycles. The zero-order valence-corrected chi connectivity index (χ0v) is 13.1. The molecule has 1 amide bonds. The Kier molecular flexibility index (Phi) is 5.20. The summed E-state index contributed by atoms with van der Waals surface area (Å²) in [4.78, 5) is 11.9. The van der Waals surface area contributed by atoms with E-state index >= 15 is 0 Å². The fourth-order valence-electron chi connectivity index (χ4n) is 3.37. The van der Waals surface area contributed by atoms with Gasteiger partial charge in [-0.1, -0.05) is 38.2 Å². The molecule has 0 aromatic heterocycles. The van der Waals surface area contributed by atoms with Crippen LogP contribution in [-0.2, 0) is 11.3 Å². The lowest BCUT2D eigenvalue weighted by atomic mass is 9.86. The zero-order valence-electron chi connectivity index (χ0n) is 13.1. The van der Waals surface area contributed by atoms with Gasteiger partial charge in [0.25, 0.3) is 0 Å². The van der Waals surface area contributed by atoms with E-state index in [-0.39, 0.29) is 12.7 Å². The van der Waals surface area contributed by atoms with Crippen LogP contribution in [0.25, 0.3) is 0 Å². The Morgan fingerprint density at radius 1 is 1.14 bits per heavy atom. The van der Waals surface area contributed by atoms with Crippen molar-refractivity contribution in [3.63, 3.8) is 0 Å². The van der Waals surface area contributed by atoms with E-state index in [2.05, 4.69) is 5.32 Å². The summed E-state index contributed by atoms with van der Waals surface area (Å²) >= 11 is 0. The van der Waals surface area contributed by atoms with Crippen molar-refractivity contribution in [2.75, 3.05) is 6.79 Å². The minimum absolute atomic E-state index is 0.147. The first kappa shape index (κ1) is 15.2. The summed E-state index contributed by atoms with van der Waals surface area (Å²) in [5.41, 5.74) is 1.05. The van der Waals surface area contributed by atoms with Crippen LogP contribution in [0, 0.1) is 5.92 Å². The number of fused-ring (bicyclic) bond motifs is 1. The predicted molar refractivity (Wildman–Crippen MR) is 84.8 cm³/mol. The van der Waals surface area contributed by atoms with Gasteiger partial charge in [0.05, 0.1) is 0 Å². The van der Waals surface area contributed by atoms with Crippen LogP contribution in [0.5, 0.6) is 11.5 Å². The van der Waals surface area contributed by atoms with Crippen LogP contribution in [0.15, 0.2) is 18.2 Å². The number of carbonyl (C=O) groups excluding carboxylic acids is 1. The Bertz CT molecular complexity index is 509. The van der Waals surface area contributed by atoms with Crippen molar-refractivity contribution >= 4 is 5.91 Å². The van der Waals surface area contributed by atoms with Gasteiger partial charge in [0, 0.05) is 13.0 Å². The zero-order chi connectivity index (χ0) is 15.2. The van der Waals surface area contributed by atoms with Crippen LogP contribution in [0.2, 0.25) is 0 Å².